The molecule has 1 aromatic heterocycles. The number of benzene rings is 1. The molecule has 136 valence electrons. The standard InChI is InChI=1S/C18H23ClNO4P/c1-4-22-25(21,23-5-2)11-9-16-14-12-20(3)10-8-13-15(19)6-7-17(24-16)18(13)14/h6-7,9,11H,4-5,8,10,12H2,1-3H3/b11-9+. The van der Waals surface area contributed by atoms with Crippen LogP contribution in [0, 0.1) is 0 Å². The molecule has 0 atom stereocenters. The summed E-state index contributed by atoms with van der Waals surface area (Å²) in [5.41, 5.74) is 2.97. The zero-order valence-corrected chi connectivity index (χ0v) is 16.4. The van der Waals surface area contributed by atoms with Crippen molar-refractivity contribution in [1.29, 1.82) is 0 Å². The van der Waals surface area contributed by atoms with Crippen molar-refractivity contribution < 1.29 is 18.0 Å². The van der Waals surface area contributed by atoms with Crippen molar-refractivity contribution in [2.45, 2.75) is 26.8 Å². The molecule has 0 saturated heterocycles. The van der Waals surface area contributed by atoms with Gasteiger partial charge in [0.05, 0.1) is 13.2 Å². The SMILES string of the molecule is CCOP(=O)(/C=C/c1oc2ccc(Cl)c3c2c1CN(C)CC3)OCC. The van der Waals surface area contributed by atoms with Gasteiger partial charge in [-0.25, -0.2) is 0 Å². The van der Waals surface area contributed by atoms with Gasteiger partial charge in [-0.3, -0.25) is 4.57 Å². The molecule has 0 radical (unpaired) electrons. The maximum Gasteiger partial charge on any atom is 0.354 e. The lowest BCUT2D eigenvalue weighted by Crippen LogP contribution is -2.18. The lowest BCUT2D eigenvalue weighted by Gasteiger charge is -2.14. The van der Waals surface area contributed by atoms with Crippen molar-refractivity contribution in [2.75, 3.05) is 26.8 Å². The van der Waals surface area contributed by atoms with Gasteiger partial charge in [-0.15, -0.1) is 0 Å². The van der Waals surface area contributed by atoms with Gasteiger partial charge >= 0.3 is 7.60 Å². The average Bonchev–Trinajstić information content (AvgIpc) is 2.80. The van der Waals surface area contributed by atoms with Crippen molar-refractivity contribution in [1.82, 2.24) is 4.90 Å². The van der Waals surface area contributed by atoms with Crippen LogP contribution in [-0.4, -0.2) is 31.7 Å². The number of likely N-dealkylation sites (N-methyl/N-ethyl adjacent to an activating group) is 1. The van der Waals surface area contributed by atoms with Crippen LogP contribution in [0.4, 0.5) is 0 Å². The first-order chi connectivity index (χ1) is 12.0. The van der Waals surface area contributed by atoms with E-state index in [1.807, 2.05) is 12.1 Å². The van der Waals surface area contributed by atoms with Gasteiger partial charge in [0.1, 0.15) is 11.3 Å². The summed E-state index contributed by atoms with van der Waals surface area (Å²) < 4.78 is 29.3. The molecule has 0 amide bonds. The lowest BCUT2D eigenvalue weighted by molar-refractivity contribution is 0.229. The van der Waals surface area contributed by atoms with Crippen LogP contribution in [0.25, 0.3) is 17.0 Å². The summed E-state index contributed by atoms with van der Waals surface area (Å²) in [5.74, 6) is 2.16. The van der Waals surface area contributed by atoms with E-state index < -0.39 is 7.60 Å². The highest BCUT2D eigenvalue weighted by Gasteiger charge is 2.24. The first-order valence-electron chi connectivity index (χ1n) is 8.46. The van der Waals surface area contributed by atoms with Crippen LogP contribution in [-0.2, 0) is 26.6 Å². The lowest BCUT2D eigenvalue weighted by atomic mass is 10.0. The van der Waals surface area contributed by atoms with Crippen LogP contribution < -0.4 is 0 Å². The van der Waals surface area contributed by atoms with Crippen molar-refractivity contribution in [3.8, 4) is 0 Å². The smallest absolute Gasteiger partial charge is 0.354 e. The van der Waals surface area contributed by atoms with E-state index in [0.29, 0.717) is 19.0 Å². The largest absolute Gasteiger partial charge is 0.456 e. The van der Waals surface area contributed by atoms with E-state index in [1.54, 1.807) is 19.9 Å². The summed E-state index contributed by atoms with van der Waals surface area (Å²) in [5, 5.41) is 1.83. The van der Waals surface area contributed by atoms with Crippen LogP contribution in [0.3, 0.4) is 0 Å². The Labute approximate surface area is 153 Å². The summed E-state index contributed by atoms with van der Waals surface area (Å²) in [7, 11) is -1.20. The number of furan rings is 1. The first-order valence-corrected chi connectivity index (χ1v) is 10.5. The van der Waals surface area contributed by atoms with Crippen LogP contribution >= 0.6 is 19.2 Å². The maximum atomic E-state index is 12.7. The van der Waals surface area contributed by atoms with Gasteiger partial charge in [0.2, 0.25) is 0 Å². The van der Waals surface area contributed by atoms with Gasteiger partial charge in [-0.1, -0.05) is 11.6 Å². The molecule has 2 aromatic rings. The van der Waals surface area contributed by atoms with Crippen molar-refractivity contribution in [3.63, 3.8) is 0 Å². The zero-order valence-electron chi connectivity index (χ0n) is 14.8. The van der Waals surface area contributed by atoms with Crippen molar-refractivity contribution in [2.24, 2.45) is 0 Å². The van der Waals surface area contributed by atoms with E-state index in [4.69, 9.17) is 25.1 Å². The Morgan fingerprint density at radius 2 is 2.00 bits per heavy atom. The third kappa shape index (κ3) is 3.86. The summed E-state index contributed by atoms with van der Waals surface area (Å²) >= 11 is 6.41. The van der Waals surface area contributed by atoms with Crippen LogP contribution in [0.1, 0.15) is 30.7 Å². The molecule has 0 unspecified atom stereocenters. The fourth-order valence-electron chi connectivity index (χ4n) is 3.15. The second kappa shape index (κ2) is 7.65. The molecule has 0 aliphatic carbocycles. The Kier molecular flexibility index (Phi) is 5.71. The minimum atomic E-state index is -3.27. The van der Waals surface area contributed by atoms with Gasteiger partial charge < -0.3 is 18.4 Å². The molecule has 2 heterocycles. The molecule has 1 aromatic carbocycles. The predicted octanol–water partition coefficient (Wildman–Crippen LogP) is 5.31. The molecular formula is C18H23ClNO4P. The predicted molar refractivity (Wildman–Crippen MR) is 101 cm³/mol. The molecule has 25 heavy (non-hydrogen) atoms. The fourth-order valence-corrected chi connectivity index (χ4v) is 4.69. The molecule has 7 heteroatoms. The molecule has 0 fully saturated rings. The summed E-state index contributed by atoms with van der Waals surface area (Å²) in [6.45, 7) is 5.88. The monoisotopic (exact) mass is 383 g/mol. The molecule has 0 bridgehead atoms. The highest BCUT2D eigenvalue weighted by atomic mass is 35.5. The van der Waals surface area contributed by atoms with Crippen molar-refractivity contribution in [3.05, 3.63) is 39.9 Å². The van der Waals surface area contributed by atoms with E-state index in [0.717, 1.165) is 46.6 Å². The highest BCUT2D eigenvalue weighted by Crippen LogP contribution is 2.50. The quantitative estimate of drug-likeness (QED) is 0.632. The second-order valence-corrected chi connectivity index (χ2v) is 8.32. The van der Waals surface area contributed by atoms with Crippen LogP contribution in [0.2, 0.25) is 5.02 Å². The van der Waals surface area contributed by atoms with E-state index in [-0.39, 0.29) is 0 Å². The fraction of sp³-hybridized carbons (Fsp3) is 0.444. The minimum Gasteiger partial charge on any atom is -0.456 e. The molecule has 5 nitrogen and oxygen atoms in total. The van der Waals surface area contributed by atoms with E-state index >= 15 is 0 Å². The Morgan fingerprint density at radius 3 is 2.68 bits per heavy atom. The summed E-state index contributed by atoms with van der Waals surface area (Å²) in [4.78, 5) is 2.22. The molecule has 3 rings (SSSR count). The molecular weight excluding hydrogens is 361 g/mol. The molecule has 0 N–H and O–H groups in total. The number of rotatable bonds is 6. The molecule has 1 aliphatic heterocycles. The first kappa shape index (κ1) is 18.7. The third-order valence-corrected chi connectivity index (χ3v) is 6.34. The zero-order chi connectivity index (χ0) is 18.0. The van der Waals surface area contributed by atoms with E-state index in [9.17, 15) is 4.57 Å². The molecule has 0 saturated carbocycles. The average molecular weight is 384 g/mol. The van der Waals surface area contributed by atoms with E-state index in [2.05, 4.69) is 11.9 Å². The van der Waals surface area contributed by atoms with Crippen molar-refractivity contribution >= 4 is 36.2 Å². The summed E-state index contributed by atoms with van der Waals surface area (Å²) in [6, 6.07) is 3.76. The highest BCUT2D eigenvalue weighted by molar-refractivity contribution is 7.57. The Morgan fingerprint density at radius 1 is 1.28 bits per heavy atom. The van der Waals surface area contributed by atoms with Gasteiger partial charge in [-0.05, 0) is 51.1 Å². The molecule has 1 aliphatic rings. The number of nitrogens with zero attached hydrogens (tertiary/aromatic N) is 1. The normalized spacial score (nSPS) is 16.0. The minimum absolute atomic E-state index is 0.317. The van der Waals surface area contributed by atoms with E-state index in [1.165, 1.54) is 5.82 Å². The van der Waals surface area contributed by atoms with Gasteiger partial charge in [0.25, 0.3) is 0 Å². The Balaban J connectivity index is 2.08. The topological polar surface area (TPSA) is 51.9 Å². The van der Waals surface area contributed by atoms with Gasteiger partial charge in [0, 0.05) is 34.9 Å². The van der Waals surface area contributed by atoms with Crippen LogP contribution in [0.15, 0.2) is 22.4 Å². The second-order valence-electron chi connectivity index (χ2n) is 6.02. The van der Waals surface area contributed by atoms with Gasteiger partial charge in [0.15, 0.2) is 0 Å². The number of hydrogen-bond acceptors (Lipinski definition) is 5. The Hall–Kier alpha value is -1.10. The summed E-state index contributed by atoms with van der Waals surface area (Å²) in [6.07, 6.45) is 2.58. The van der Waals surface area contributed by atoms with Crippen LogP contribution in [0.5, 0.6) is 0 Å². The number of hydrogen-bond donors (Lipinski definition) is 0. The maximum absolute atomic E-state index is 12.7. The third-order valence-electron chi connectivity index (χ3n) is 4.23. The molecule has 0 spiro atoms. The number of halogens is 1. The Bertz CT molecular complexity index is 835. The van der Waals surface area contributed by atoms with Gasteiger partial charge in [-0.2, -0.15) is 0 Å².